The molecule has 0 radical (unpaired) electrons. The van der Waals surface area contributed by atoms with Crippen LogP contribution in [-0.4, -0.2) is 13.4 Å². The molecule has 3 aromatic rings. The molecule has 0 amide bonds. The van der Waals surface area contributed by atoms with Crippen molar-refractivity contribution < 1.29 is 8.42 Å². The summed E-state index contributed by atoms with van der Waals surface area (Å²) >= 11 is 7.49. The van der Waals surface area contributed by atoms with Gasteiger partial charge in [0, 0.05) is 10.9 Å². The molecule has 7 heteroatoms. The molecule has 2 aromatic carbocycles. The number of nitrogens with zero attached hydrogens (tertiary/aromatic N) is 1. The summed E-state index contributed by atoms with van der Waals surface area (Å²) in [7, 11) is -3.79. The van der Waals surface area contributed by atoms with Crippen LogP contribution in [0.5, 0.6) is 0 Å². The zero-order valence-electron chi connectivity index (χ0n) is 13.1. The van der Waals surface area contributed by atoms with Crippen molar-refractivity contribution in [3.63, 3.8) is 0 Å². The lowest BCUT2D eigenvalue weighted by atomic mass is 10.1. The molecule has 4 nitrogen and oxygen atoms in total. The number of rotatable bonds is 4. The minimum Gasteiger partial charge on any atom is -0.263 e. The van der Waals surface area contributed by atoms with Crippen molar-refractivity contribution >= 4 is 38.8 Å². The number of halogens is 1. The average molecular weight is 379 g/mol. The molecule has 0 bridgehead atoms. The highest BCUT2D eigenvalue weighted by atomic mass is 35.5. The highest BCUT2D eigenvalue weighted by molar-refractivity contribution is 7.92. The van der Waals surface area contributed by atoms with Crippen molar-refractivity contribution in [3.05, 3.63) is 64.0 Å². The third-order valence-corrected chi connectivity index (χ3v) is 6.31. The van der Waals surface area contributed by atoms with Gasteiger partial charge in [-0.3, -0.25) is 4.72 Å². The predicted octanol–water partition coefficient (Wildman–Crippen LogP) is 4.88. The van der Waals surface area contributed by atoms with Crippen LogP contribution >= 0.6 is 22.9 Å². The second kappa shape index (κ2) is 6.55. The SMILES string of the molecule is Cc1cc(Cl)c(S(=O)(=O)Nc2csc(-c3ccccc3)n2)cc1C. The van der Waals surface area contributed by atoms with Gasteiger partial charge in [-0.25, -0.2) is 13.4 Å². The Balaban J connectivity index is 1.91. The Morgan fingerprint density at radius 3 is 2.46 bits per heavy atom. The van der Waals surface area contributed by atoms with Crippen LogP contribution < -0.4 is 4.72 Å². The number of aromatic nitrogens is 1. The van der Waals surface area contributed by atoms with E-state index in [2.05, 4.69) is 9.71 Å². The van der Waals surface area contributed by atoms with Crippen molar-refractivity contribution in [2.24, 2.45) is 0 Å². The van der Waals surface area contributed by atoms with Crippen LogP contribution in [0.15, 0.2) is 52.7 Å². The lowest BCUT2D eigenvalue weighted by molar-refractivity contribution is 0.601. The molecule has 1 heterocycles. The molecule has 1 aromatic heterocycles. The number of sulfonamides is 1. The van der Waals surface area contributed by atoms with E-state index in [0.29, 0.717) is 0 Å². The quantitative estimate of drug-likeness (QED) is 0.703. The minimum atomic E-state index is -3.79. The van der Waals surface area contributed by atoms with E-state index < -0.39 is 10.0 Å². The molecule has 0 aliphatic rings. The smallest absolute Gasteiger partial charge is 0.263 e. The topological polar surface area (TPSA) is 59.1 Å². The van der Waals surface area contributed by atoms with E-state index in [9.17, 15) is 8.42 Å². The van der Waals surface area contributed by atoms with Gasteiger partial charge in [-0.15, -0.1) is 11.3 Å². The standard InChI is InChI=1S/C17H15ClN2O2S2/c1-11-8-14(18)15(9-12(11)2)24(21,22)20-16-10-23-17(19-16)13-6-4-3-5-7-13/h3-10,20H,1-2H3. The van der Waals surface area contributed by atoms with Crippen molar-refractivity contribution in [3.8, 4) is 10.6 Å². The van der Waals surface area contributed by atoms with E-state index in [4.69, 9.17) is 11.6 Å². The number of aryl methyl sites for hydroxylation is 2. The Labute approximate surface area is 150 Å². The molecule has 0 saturated carbocycles. The average Bonchev–Trinajstić information content (AvgIpc) is 2.99. The van der Waals surface area contributed by atoms with Crippen LogP contribution in [0.3, 0.4) is 0 Å². The molecular formula is C17H15ClN2O2S2. The van der Waals surface area contributed by atoms with Gasteiger partial charge >= 0.3 is 0 Å². The fraction of sp³-hybridized carbons (Fsp3) is 0.118. The monoisotopic (exact) mass is 378 g/mol. The fourth-order valence-electron chi connectivity index (χ4n) is 2.19. The minimum absolute atomic E-state index is 0.0570. The first-order valence-electron chi connectivity index (χ1n) is 7.17. The highest BCUT2D eigenvalue weighted by Gasteiger charge is 2.20. The first-order chi connectivity index (χ1) is 11.4. The summed E-state index contributed by atoms with van der Waals surface area (Å²) in [6, 6.07) is 12.8. The highest BCUT2D eigenvalue weighted by Crippen LogP contribution is 2.29. The van der Waals surface area contributed by atoms with E-state index in [-0.39, 0.29) is 15.7 Å². The molecule has 0 aliphatic carbocycles. The number of hydrogen-bond donors (Lipinski definition) is 1. The van der Waals surface area contributed by atoms with E-state index >= 15 is 0 Å². The van der Waals surface area contributed by atoms with Crippen LogP contribution in [-0.2, 0) is 10.0 Å². The second-order valence-corrected chi connectivity index (χ2v) is 8.29. The zero-order chi connectivity index (χ0) is 17.3. The number of nitrogens with one attached hydrogen (secondary N) is 1. The molecule has 24 heavy (non-hydrogen) atoms. The number of thiazole rings is 1. The van der Waals surface area contributed by atoms with Crippen LogP contribution in [0.1, 0.15) is 11.1 Å². The Morgan fingerprint density at radius 2 is 1.75 bits per heavy atom. The Kier molecular flexibility index (Phi) is 4.62. The molecule has 1 N–H and O–H groups in total. The van der Waals surface area contributed by atoms with Crippen LogP contribution in [0.4, 0.5) is 5.82 Å². The van der Waals surface area contributed by atoms with E-state index in [1.807, 2.05) is 44.2 Å². The van der Waals surface area contributed by atoms with E-state index in [1.165, 1.54) is 11.3 Å². The number of hydrogen-bond acceptors (Lipinski definition) is 4. The van der Waals surface area contributed by atoms with Gasteiger partial charge in [0.1, 0.15) is 9.90 Å². The van der Waals surface area contributed by atoms with Crippen molar-refractivity contribution in [2.75, 3.05) is 4.72 Å². The summed E-state index contributed by atoms with van der Waals surface area (Å²) in [5.41, 5.74) is 2.75. The summed E-state index contributed by atoms with van der Waals surface area (Å²) in [6.07, 6.45) is 0. The molecular weight excluding hydrogens is 364 g/mol. The molecule has 0 spiro atoms. The summed E-state index contributed by atoms with van der Waals surface area (Å²) in [5, 5.41) is 2.62. The van der Waals surface area contributed by atoms with Gasteiger partial charge in [0.2, 0.25) is 0 Å². The molecule has 0 unspecified atom stereocenters. The summed E-state index contributed by atoms with van der Waals surface area (Å²) < 4.78 is 27.7. The first kappa shape index (κ1) is 17.0. The summed E-state index contributed by atoms with van der Waals surface area (Å²) in [6.45, 7) is 3.73. The van der Waals surface area contributed by atoms with Crippen LogP contribution in [0.2, 0.25) is 5.02 Å². The first-order valence-corrected chi connectivity index (χ1v) is 9.91. The van der Waals surface area contributed by atoms with Gasteiger partial charge in [-0.2, -0.15) is 0 Å². The van der Waals surface area contributed by atoms with Gasteiger partial charge in [-0.1, -0.05) is 41.9 Å². The molecule has 0 aliphatic heterocycles. The molecule has 3 rings (SSSR count). The maximum atomic E-state index is 12.6. The van der Waals surface area contributed by atoms with Crippen LogP contribution in [0.25, 0.3) is 10.6 Å². The summed E-state index contributed by atoms with van der Waals surface area (Å²) in [4.78, 5) is 4.40. The fourth-order valence-corrected chi connectivity index (χ4v) is 4.68. The van der Waals surface area contributed by atoms with Crippen molar-refractivity contribution in [1.82, 2.24) is 4.98 Å². The molecule has 0 fully saturated rings. The van der Waals surface area contributed by atoms with Gasteiger partial charge in [0.05, 0.1) is 5.02 Å². The third-order valence-electron chi connectivity index (χ3n) is 3.60. The predicted molar refractivity (Wildman–Crippen MR) is 99.3 cm³/mol. The Hall–Kier alpha value is -1.89. The van der Waals surface area contributed by atoms with E-state index in [0.717, 1.165) is 21.7 Å². The van der Waals surface area contributed by atoms with Crippen LogP contribution in [0, 0.1) is 13.8 Å². The van der Waals surface area contributed by atoms with Gasteiger partial charge in [-0.05, 0) is 37.1 Å². The largest absolute Gasteiger partial charge is 0.264 e. The molecule has 0 saturated heterocycles. The van der Waals surface area contributed by atoms with Gasteiger partial charge < -0.3 is 0 Å². The maximum Gasteiger partial charge on any atom is 0.264 e. The Bertz CT molecular complexity index is 983. The zero-order valence-corrected chi connectivity index (χ0v) is 15.5. The normalized spacial score (nSPS) is 11.5. The lowest BCUT2D eigenvalue weighted by Crippen LogP contribution is -2.14. The van der Waals surface area contributed by atoms with Gasteiger partial charge in [0.25, 0.3) is 10.0 Å². The molecule has 124 valence electrons. The van der Waals surface area contributed by atoms with E-state index in [1.54, 1.807) is 17.5 Å². The number of anilines is 1. The number of benzene rings is 2. The second-order valence-electron chi connectivity index (χ2n) is 5.38. The van der Waals surface area contributed by atoms with Crippen molar-refractivity contribution in [1.29, 1.82) is 0 Å². The lowest BCUT2D eigenvalue weighted by Gasteiger charge is -2.10. The maximum absolute atomic E-state index is 12.6. The Morgan fingerprint density at radius 1 is 1.08 bits per heavy atom. The van der Waals surface area contributed by atoms with Gasteiger partial charge in [0.15, 0.2) is 5.82 Å². The molecule has 0 atom stereocenters. The van der Waals surface area contributed by atoms with Crippen molar-refractivity contribution in [2.45, 2.75) is 18.7 Å². The third kappa shape index (κ3) is 3.45. The summed E-state index contributed by atoms with van der Waals surface area (Å²) in [5.74, 6) is 0.285.